The quantitative estimate of drug-likeness (QED) is 0.242. The maximum absolute atomic E-state index is 13.8. The van der Waals surface area contributed by atoms with E-state index in [0.29, 0.717) is 11.6 Å². The lowest BCUT2D eigenvalue weighted by Gasteiger charge is -2.27. The van der Waals surface area contributed by atoms with Crippen LogP contribution in [0.1, 0.15) is 33.1 Å². The van der Waals surface area contributed by atoms with Crippen molar-refractivity contribution >= 4 is 28.4 Å². The maximum atomic E-state index is 13.8. The van der Waals surface area contributed by atoms with Crippen LogP contribution < -0.4 is 4.74 Å². The van der Waals surface area contributed by atoms with E-state index in [2.05, 4.69) is 54.1 Å². The van der Waals surface area contributed by atoms with Crippen LogP contribution in [0, 0.1) is 0 Å². The number of methoxy groups -OCH3 is 1. The summed E-state index contributed by atoms with van der Waals surface area (Å²) in [5.74, 6) is 0.871. The predicted octanol–water partition coefficient (Wildman–Crippen LogP) is 7.30. The molecule has 1 aromatic heterocycles. The number of halogens is 1. The fraction of sp³-hybridized carbons (Fsp3) is 0.156. The Morgan fingerprint density at radius 3 is 2.46 bits per heavy atom. The van der Waals surface area contributed by atoms with Gasteiger partial charge in [-0.3, -0.25) is 4.79 Å². The van der Waals surface area contributed by atoms with Crippen LogP contribution in [-0.4, -0.2) is 29.0 Å². The lowest BCUT2D eigenvalue weighted by Crippen LogP contribution is -2.31. The van der Waals surface area contributed by atoms with Gasteiger partial charge in [0, 0.05) is 46.2 Å². The zero-order valence-corrected chi connectivity index (χ0v) is 21.6. The zero-order valence-electron chi connectivity index (χ0n) is 20.8. The molecule has 6 rings (SSSR count). The monoisotopic (exact) mass is 506 g/mol. The summed E-state index contributed by atoms with van der Waals surface area (Å²) in [6.45, 7) is 0.598. The third-order valence-corrected chi connectivity index (χ3v) is 7.63. The molecule has 0 fully saturated rings. The Hall–Kier alpha value is -4.02. The highest BCUT2D eigenvalue weighted by Gasteiger charge is 2.40. The smallest absolute Gasteiger partial charge is 0.255 e. The molecule has 4 nitrogen and oxygen atoms in total. The van der Waals surface area contributed by atoms with Gasteiger partial charge >= 0.3 is 0 Å². The summed E-state index contributed by atoms with van der Waals surface area (Å²) in [5.41, 5.74) is 7.38. The van der Waals surface area contributed by atoms with Gasteiger partial charge in [-0.2, -0.15) is 0 Å². The third kappa shape index (κ3) is 3.98. The minimum atomic E-state index is -0.205. The van der Waals surface area contributed by atoms with Gasteiger partial charge in [0.25, 0.3) is 5.91 Å². The van der Waals surface area contributed by atoms with Crippen LogP contribution in [0.5, 0.6) is 5.75 Å². The minimum absolute atomic E-state index is 0.0686. The fourth-order valence-corrected chi connectivity index (χ4v) is 5.76. The van der Waals surface area contributed by atoms with Gasteiger partial charge in [0.2, 0.25) is 0 Å². The Bertz CT molecular complexity index is 1620. The average molecular weight is 507 g/mol. The highest BCUT2D eigenvalue weighted by molar-refractivity contribution is 6.30. The molecule has 0 saturated carbocycles. The van der Waals surface area contributed by atoms with E-state index in [0.717, 1.165) is 56.6 Å². The van der Waals surface area contributed by atoms with Crippen LogP contribution in [0.3, 0.4) is 0 Å². The van der Waals surface area contributed by atoms with E-state index in [9.17, 15) is 4.79 Å². The van der Waals surface area contributed by atoms with Crippen molar-refractivity contribution < 1.29 is 9.53 Å². The average Bonchev–Trinajstić information content (AvgIpc) is 3.38. The maximum Gasteiger partial charge on any atom is 0.255 e. The van der Waals surface area contributed by atoms with Gasteiger partial charge in [0.15, 0.2) is 0 Å². The van der Waals surface area contributed by atoms with Crippen molar-refractivity contribution in [2.24, 2.45) is 7.05 Å². The molecule has 5 aromatic rings. The molecule has 1 aliphatic rings. The molecule has 1 aliphatic heterocycles. The molecule has 37 heavy (non-hydrogen) atoms. The first-order chi connectivity index (χ1) is 18.1. The Balaban J connectivity index is 1.55. The van der Waals surface area contributed by atoms with Gasteiger partial charge < -0.3 is 14.2 Å². The number of carbonyl (C=O) groups excluding carboxylic acids is 1. The van der Waals surface area contributed by atoms with Crippen molar-refractivity contribution in [3.05, 3.63) is 124 Å². The summed E-state index contributed by atoms with van der Waals surface area (Å²) < 4.78 is 7.80. The second kappa shape index (κ2) is 9.45. The van der Waals surface area contributed by atoms with Gasteiger partial charge in [0.05, 0.1) is 18.8 Å². The number of hydrogen-bond donors (Lipinski definition) is 0. The molecule has 0 radical (unpaired) electrons. The number of amides is 1. The second-order valence-corrected chi connectivity index (χ2v) is 9.87. The summed E-state index contributed by atoms with van der Waals surface area (Å²) in [5, 5.41) is 1.86. The van der Waals surface area contributed by atoms with E-state index in [4.69, 9.17) is 16.3 Å². The van der Waals surface area contributed by atoms with Gasteiger partial charge in [-0.1, -0.05) is 72.3 Å². The molecule has 1 atom stereocenters. The first kappa shape index (κ1) is 23.4. The van der Waals surface area contributed by atoms with E-state index in [-0.39, 0.29) is 11.9 Å². The molecular formula is C32H27ClN2O2. The van der Waals surface area contributed by atoms with E-state index >= 15 is 0 Å². The van der Waals surface area contributed by atoms with Crippen LogP contribution in [0.2, 0.25) is 5.02 Å². The molecule has 0 unspecified atom stereocenters. The molecule has 0 spiro atoms. The van der Waals surface area contributed by atoms with Crippen molar-refractivity contribution in [2.45, 2.75) is 12.5 Å². The van der Waals surface area contributed by atoms with Gasteiger partial charge in [-0.25, -0.2) is 0 Å². The lowest BCUT2D eigenvalue weighted by atomic mass is 9.93. The molecule has 2 heterocycles. The normalized spacial score (nSPS) is 14.8. The molecule has 0 saturated heterocycles. The second-order valence-electron chi connectivity index (χ2n) is 9.44. The largest absolute Gasteiger partial charge is 0.497 e. The number of aromatic nitrogens is 1. The van der Waals surface area contributed by atoms with Crippen LogP contribution >= 0.6 is 11.6 Å². The molecule has 0 aliphatic carbocycles. The summed E-state index contributed by atoms with van der Waals surface area (Å²) in [6, 6.07) is 32.3. The summed E-state index contributed by atoms with van der Waals surface area (Å²) in [7, 11) is 3.78. The Morgan fingerprint density at radius 1 is 0.892 bits per heavy atom. The van der Waals surface area contributed by atoms with Crippen molar-refractivity contribution in [1.82, 2.24) is 9.47 Å². The molecule has 0 bridgehead atoms. The summed E-state index contributed by atoms with van der Waals surface area (Å²) in [6.07, 6.45) is 0.743. The fourth-order valence-electron chi connectivity index (χ4n) is 5.63. The van der Waals surface area contributed by atoms with Crippen molar-refractivity contribution in [3.63, 3.8) is 0 Å². The Labute approximate surface area is 221 Å². The van der Waals surface area contributed by atoms with E-state index < -0.39 is 0 Å². The summed E-state index contributed by atoms with van der Waals surface area (Å²) in [4.78, 5) is 15.9. The Kier molecular flexibility index (Phi) is 5.97. The molecule has 4 aromatic carbocycles. The van der Waals surface area contributed by atoms with Crippen LogP contribution in [0.15, 0.2) is 97.1 Å². The van der Waals surface area contributed by atoms with E-state index in [1.807, 2.05) is 59.5 Å². The molecular weight excluding hydrogens is 480 g/mol. The molecule has 5 heteroatoms. The number of aryl methyl sites for hydroxylation is 1. The van der Waals surface area contributed by atoms with Gasteiger partial charge in [0.1, 0.15) is 5.75 Å². The number of carbonyl (C=O) groups is 1. The first-order valence-corrected chi connectivity index (χ1v) is 12.8. The molecule has 184 valence electrons. The number of hydrogen-bond acceptors (Lipinski definition) is 2. The van der Waals surface area contributed by atoms with Crippen molar-refractivity contribution in [1.29, 1.82) is 0 Å². The minimum Gasteiger partial charge on any atom is -0.497 e. The highest BCUT2D eigenvalue weighted by atomic mass is 35.5. The topological polar surface area (TPSA) is 34.5 Å². The standard InChI is InChI=1S/C32H27ClN2O2/c1-34-28-13-6-5-12-27(28)29(30(34)22-8-7-9-24(20-22)37-2)31-25-10-3-4-11-26(25)32(36)35(31)19-18-21-14-16-23(33)17-15-21/h3-17,20,31H,18-19H2,1-2H3/t31-/m1/s1. The SMILES string of the molecule is COc1cccc(-c2c([C@H]3c4ccccc4C(=O)N3CCc3ccc(Cl)cc3)c3ccccc3n2C)c1. The number of nitrogens with zero attached hydrogens (tertiary/aromatic N) is 2. The Morgan fingerprint density at radius 2 is 1.65 bits per heavy atom. The first-order valence-electron chi connectivity index (χ1n) is 12.4. The lowest BCUT2D eigenvalue weighted by molar-refractivity contribution is 0.0753. The number of para-hydroxylation sites is 1. The molecule has 0 N–H and O–H groups in total. The van der Waals surface area contributed by atoms with E-state index in [1.165, 1.54) is 0 Å². The number of rotatable bonds is 6. The number of ether oxygens (including phenoxy) is 1. The predicted molar refractivity (Wildman–Crippen MR) is 149 cm³/mol. The van der Waals surface area contributed by atoms with Crippen LogP contribution in [-0.2, 0) is 13.5 Å². The third-order valence-electron chi connectivity index (χ3n) is 7.38. The van der Waals surface area contributed by atoms with Crippen molar-refractivity contribution in [2.75, 3.05) is 13.7 Å². The van der Waals surface area contributed by atoms with Crippen molar-refractivity contribution in [3.8, 4) is 17.0 Å². The van der Waals surface area contributed by atoms with E-state index in [1.54, 1.807) is 7.11 Å². The highest BCUT2D eigenvalue weighted by Crippen LogP contribution is 2.46. The van der Waals surface area contributed by atoms with Crippen LogP contribution in [0.25, 0.3) is 22.2 Å². The number of benzene rings is 4. The summed E-state index contributed by atoms with van der Waals surface area (Å²) >= 11 is 6.11. The van der Waals surface area contributed by atoms with Crippen LogP contribution in [0.4, 0.5) is 0 Å². The van der Waals surface area contributed by atoms with Gasteiger partial charge in [-0.05, 0) is 53.9 Å². The van der Waals surface area contributed by atoms with Gasteiger partial charge in [-0.15, -0.1) is 0 Å². The molecule has 1 amide bonds. The number of fused-ring (bicyclic) bond motifs is 2. The zero-order chi connectivity index (χ0) is 25.5.